The number of rotatable bonds is 5. The maximum absolute atomic E-state index is 12.1. The lowest BCUT2D eigenvalue weighted by Crippen LogP contribution is -2.44. The van der Waals surface area contributed by atoms with Crippen molar-refractivity contribution in [3.05, 3.63) is 12.5 Å². The van der Waals surface area contributed by atoms with E-state index in [1.54, 1.807) is 11.6 Å². The largest absolute Gasteiger partial charge is 0.339 e. The van der Waals surface area contributed by atoms with Gasteiger partial charge < -0.3 is 4.57 Å². The van der Waals surface area contributed by atoms with Crippen LogP contribution in [-0.2, 0) is 17.1 Å². The van der Waals surface area contributed by atoms with Crippen molar-refractivity contribution in [2.24, 2.45) is 12.5 Å². The lowest BCUT2D eigenvalue weighted by molar-refractivity contribution is 0.292. The van der Waals surface area contributed by atoms with E-state index in [0.717, 1.165) is 0 Å². The van der Waals surface area contributed by atoms with Gasteiger partial charge in [0.1, 0.15) is 0 Å². The first kappa shape index (κ1) is 15.5. The highest BCUT2D eigenvalue weighted by Gasteiger charge is 2.30. The molecule has 0 aromatic carbocycles. The van der Waals surface area contributed by atoms with Gasteiger partial charge in [-0.1, -0.05) is 20.8 Å². The molecule has 5 nitrogen and oxygen atoms in total. The van der Waals surface area contributed by atoms with Gasteiger partial charge in [-0.3, -0.25) is 0 Å². The number of alkyl halides is 1. The molecule has 1 aromatic rings. The number of halogens is 1. The summed E-state index contributed by atoms with van der Waals surface area (Å²) >= 11 is 5.73. The third-order valence-electron chi connectivity index (χ3n) is 2.70. The lowest BCUT2D eigenvalue weighted by atomic mass is 9.86. The molecule has 0 aliphatic rings. The van der Waals surface area contributed by atoms with Crippen molar-refractivity contribution in [3.63, 3.8) is 0 Å². The van der Waals surface area contributed by atoms with Crippen LogP contribution in [0.2, 0.25) is 0 Å². The van der Waals surface area contributed by atoms with Crippen molar-refractivity contribution < 1.29 is 8.42 Å². The highest BCUT2D eigenvalue weighted by molar-refractivity contribution is 7.89. The Hall–Kier alpha value is -0.590. The van der Waals surface area contributed by atoms with Crippen LogP contribution in [0.25, 0.3) is 0 Å². The number of hydrogen-bond donors (Lipinski definition) is 1. The van der Waals surface area contributed by atoms with Crippen LogP contribution in [0, 0.1) is 5.41 Å². The van der Waals surface area contributed by atoms with Crippen molar-refractivity contribution in [2.45, 2.75) is 38.3 Å². The van der Waals surface area contributed by atoms with E-state index < -0.39 is 10.0 Å². The lowest BCUT2D eigenvalue weighted by Gasteiger charge is -2.30. The maximum atomic E-state index is 12.1. The van der Waals surface area contributed by atoms with Crippen LogP contribution < -0.4 is 4.72 Å². The van der Waals surface area contributed by atoms with E-state index in [1.807, 2.05) is 20.8 Å². The number of hydrogen-bond acceptors (Lipinski definition) is 3. The van der Waals surface area contributed by atoms with Crippen LogP contribution in [0.15, 0.2) is 17.6 Å². The van der Waals surface area contributed by atoms with Gasteiger partial charge in [0.25, 0.3) is 10.0 Å². The van der Waals surface area contributed by atoms with Gasteiger partial charge in [-0.2, -0.15) is 0 Å². The Balaban J connectivity index is 2.93. The molecule has 0 radical (unpaired) electrons. The third-order valence-corrected chi connectivity index (χ3v) is 4.27. The zero-order valence-corrected chi connectivity index (χ0v) is 12.7. The molecule has 1 unspecified atom stereocenters. The fourth-order valence-electron chi connectivity index (χ4n) is 1.55. The SMILES string of the molecule is Cn1cnc(S(=O)(=O)NC(CCCl)C(C)(C)C)c1. The molecule has 1 aromatic heterocycles. The van der Waals surface area contributed by atoms with Gasteiger partial charge in [0.15, 0.2) is 5.03 Å². The molecular formula is C11H20ClN3O2S. The fraction of sp³-hybridized carbons (Fsp3) is 0.727. The Morgan fingerprint density at radius 1 is 1.50 bits per heavy atom. The molecule has 0 bridgehead atoms. The average molecular weight is 294 g/mol. The molecule has 0 spiro atoms. The fourth-order valence-corrected chi connectivity index (χ4v) is 3.23. The molecule has 0 fully saturated rings. The smallest absolute Gasteiger partial charge is 0.259 e. The second kappa shape index (κ2) is 5.59. The predicted octanol–water partition coefficient (Wildman–Crippen LogP) is 1.74. The van der Waals surface area contributed by atoms with Crippen molar-refractivity contribution in [1.29, 1.82) is 0 Å². The van der Waals surface area contributed by atoms with Crippen LogP contribution in [0.5, 0.6) is 0 Å². The number of aryl methyl sites for hydroxylation is 1. The standard InChI is InChI=1S/C11H20ClN3O2S/c1-11(2,3)9(5-6-12)14-18(16,17)10-7-15(4)8-13-10/h7-9,14H,5-6H2,1-4H3. The number of nitrogens with one attached hydrogen (secondary N) is 1. The quantitative estimate of drug-likeness (QED) is 0.841. The van der Waals surface area contributed by atoms with E-state index in [9.17, 15) is 8.42 Å². The molecule has 0 saturated heterocycles. The molecule has 104 valence electrons. The molecule has 7 heteroatoms. The molecule has 0 aliphatic carbocycles. The highest BCUT2D eigenvalue weighted by Crippen LogP contribution is 2.23. The van der Waals surface area contributed by atoms with Crippen LogP contribution in [0.3, 0.4) is 0 Å². The van der Waals surface area contributed by atoms with Gasteiger partial charge in [0.05, 0.1) is 6.33 Å². The molecule has 0 aliphatic heterocycles. The first-order valence-corrected chi connectivity index (χ1v) is 7.75. The summed E-state index contributed by atoms with van der Waals surface area (Å²) in [6.07, 6.45) is 3.52. The summed E-state index contributed by atoms with van der Waals surface area (Å²) in [6.45, 7) is 5.93. The van der Waals surface area contributed by atoms with Crippen molar-refractivity contribution in [1.82, 2.24) is 14.3 Å². The van der Waals surface area contributed by atoms with Crippen LogP contribution in [-0.4, -0.2) is 29.9 Å². The topological polar surface area (TPSA) is 64.0 Å². The predicted molar refractivity (Wildman–Crippen MR) is 72.1 cm³/mol. The van der Waals surface area contributed by atoms with Crippen LogP contribution in [0.1, 0.15) is 27.2 Å². The minimum absolute atomic E-state index is 0.0359. The Labute approximate surface area is 114 Å². The summed E-state index contributed by atoms with van der Waals surface area (Å²) in [5.74, 6) is 0.409. The molecular weight excluding hydrogens is 274 g/mol. The summed E-state index contributed by atoms with van der Waals surface area (Å²) in [5.41, 5.74) is -0.198. The number of imidazole rings is 1. The maximum Gasteiger partial charge on any atom is 0.259 e. The minimum Gasteiger partial charge on any atom is -0.339 e. The van der Waals surface area contributed by atoms with Crippen molar-refractivity contribution >= 4 is 21.6 Å². The second-order valence-corrected chi connectivity index (χ2v) is 7.43. The zero-order chi connectivity index (χ0) is 14.0. The summed E-state index contributed by atoms with van der Waals surface area (Å²) in [4.78, 5) is 3.86. The zero-order valence-electron chi connectivity index (χ0n) is 11.1. The van der Waals surface area contributed by atoms with Gasteiger partial charge >= 0.3 is 0 Å². The van der Waals surface area contributed by atoms with Gasteiger partial charge in [-0.25, -0.2) is 18.1 Å². The highest BCUT2D eigenvalue weighted by atomic mass is 35.5. The van der Waals surface area contributed by atoms with Crippen molar-refractivity contribution in [3.8, 4) is 0 Å². The van der Waals surface area contributed by atoms with E-state index >= 15 is 0 Å². The van der Waals surface area contributed by atoms with Crippen LogP contribution >= 0.6 is 11.6 Å². The molecule has 0 amide bonds. The van der Waals surface area contributed by atoms with E-state index in [4.69, 9.17) is 11.6 Å². The Morgan fingerprint density at radius 2 is 2.11 bits per heavy atom. The number of nitrogens with zero attached hydrogens (tertiary/aromatic N) is 2. The van der Waals surface area contributed by atoms with Gasteiger partial charge in [0.2, 0.25) is 0 Å². The molecule has 1 atom stereocenters. The van der Waals surface area contributed by atoms with Gasteiger partial charge in [-0.05, 0) is 11.8 Å². The minimum atomic E-state index is -3.58. The Kier molecular flexibility index (Phi) is 4.80. The average Bonchev–Trinajstić information content (AvgIpc) is 2.63. The first-order valence-electron chi connectivity index (χ1n) is 5.73. The summed E-state index contributed by atoms with van der Waals surface area (Å²) < 4.78 is 28.6. The Bertz CT molecular complexity index is 491. The molecule has 1 rings (SSSR count). The molecule has 1 N–H and O–H groups in total. The van der Waals surface area contributed by atoms with E-state index in [0.29, 0.717) is 12.3 Å². The van der Waals surface area contributed by atoms with Crippen LogP contribution in [0.4, 0.5) is 0 Å². The third kappa shape index (κ3) is 3.96. The monoisotopic (exact) mass is 293 g/mol. The first-order chi connectivity index (χ1) is 8.16. The van der Waals surface area contributed by atoms with E-state index in [-0.39, 0.29) is 16.5 Å². The number of aromatic nitrogens is 2. The summed E-state index contributed by atoms with van der Waals surface area (Å²) in [7, 11) is -1.86. The van der Waals surface area contributed by atoms with Gasteiger partial charge in [-0.15, -0.1) is 11.6 Å². The van der Waals surface area contributed by atoms with E-state index in [2.05, 4.69) is 9.71 Å². The molecule has 1 heterocycles. The molecule has 18 heavy (non-hydrogen) atoms. The van der Waals surface area contributed by atoms with Gasteiger partial charge in [0, 0.05) is 25.2 Å². The molecule has 0 saturated carbocycles. The normalized spacial score (nSPS) is 14.7. The Morgan fingerprint density at radius 3 is 2.50 bits per heavy atom. The van der Waals surface area contributed by atoms with E-state index in [1.165, 1.54) is 12.5 Å². The number of sulfonamides is 1. The summed E-state index contributed by atoms with van der Waals surface area (Å²) in [5, 5.41) is 0.0359. The van der Waals surface area contributed by atoms with Crippen molar-refractivity contribution in [2.75, 3.05) is 5.88 Å². The summed E-state index contributed by atoms with van der Waals surface area (Å²) in [6, 6.07) is -0.220. The second-order valence-electron chi connectivity index (χ2n) is 5.39.